The molecule has 0 aromatic heterocycles. The van der Waals surface area contributed by atoms with Gasteiger partial charge >= 0.3 is 29.8 Å². The summed E-state index contributed by atoms with van der Waals surface area (Å²) in [5, 5.41) is 126. The first-order valence-corrected chi connectivity index (χ1v) is 43.4. The van der Waals surface area contributed by atoms with Crippen LogP contribution in [0.5, 0.6) is 57.5 Å². The number of benzene rings is 15. The predicted octanol–water partition coefficient (Wildman–Crippen LogP) is 22.6. The van der Waals surface area contributed by atoms with Gasteiger partial charge in [-0.25, -0.2) is 24.0 Å². The summed E-state index contributed by atoms with van der Waals surface area (Å²) in [5.74, 6) is -10.0. The number of hydrogen-bond acceptors (Lipinski definition) is 22. The molecular weight excluding hydrogens is 1730 g/mol. The van der Waals surface area contributed by atoms with Crippen LogP contribution in [0.3, 0.4) is 0 Å². The van der Waals surface area contributed by atoms with Crippen LogP contribution in [-0.2, 0) is 23.7 Å². The molecule has 0 atom stereocenters. The molecule has 0 amide bonds. The molecule has 15 aromatic rings. The quantitative estimate of drug-likeness (QED) is 0.0192. The largest absolute Gasteiger partial charge is 0.508 e. The van der Waals surface area contributed by atoms with Crippen molar-refractivity contribution in [3.05, 3.63) is 416 Å². The average molecular weight is 1830 g/mol. The lowest BCUT2D eigenvalue weighted by atomic mass is 9.75. The Morgan fingerprint density at radius 2 is 0.393 bits per heavy atom. The van der Waals surface area contributed by atoms with E-state index < -0.39 is 93.5 Å². The number of ether oxygens (including phenoxy) is 5. The van der Waals surface area contributed by atoms with Crippen molar-refractivity contribution in [1.82, 2.24) is 0 Å². The third-order valence-electron chi connectivity index (χ3n) is 22.7. The van der Waals surface area contributed by atoms with Crippen LogP contribution in [0, 0.1) is 0 Å². The lowest BCUT2D eigenvalue weighted by molar-refractivity contribution is 0.0517. The maximum absolute atomic E-state index is 12.7. The van der Waals surface area contributed by atoms with Crippen molar-refractivity contribution >= 4 is 48.5 Å². The number of hydrogen-bond donors (Lipinski definition) is 11. The van der Waals surface area contributed by atoms with E-state index in [1.807, 2.05) is 121 Å². The highest BCUT2D eigenvalue weighted by atomic mass is 35.5. The van der Waals surface area contributed by atoms with Gasteiger partial charge in [0.1, 0.15) is 63.8 Å². The zero-order valence-electron chi connectivity index (χ0n) is 74.5. The van der Waals surface area contributed by atoms with Gasteiger partial charge in [0, 0.05) is 111 Å². The van der Waals surface area contributed by atoms with Crippen LogP contribution >= 0.6 is 12.4 Å². The fourth-order valence-corrected chi connectivity index (χ4v) is 16.2. The van der Waals surface area contributed by atoms with E-state index in [4.69, 9.17) is 39.0 Å². The Bertz CT molecular complexity index is 5910. The SMILES string of the molecule is CCO.CCOC(=O)c1ccc(-c2ccc(C3c4cc(c(O)cc4O)C(c4ccc(-c5ccc(C(=O)OCC)cc5)cc4)c4cc(c(O)cc4O)C(c4ccc(-c5ccc(C(=O)OCC)cc5)cc4)c4cc(c(O)cc4O)C(c4ccc(-c5ccc(C(=O)OCC)cc5)cc4)c4cc3c(O)cc4O)cc2)cc1.CCOC(=O)c1ccc(-c2ccc(C=O)cc2)cc1.Cl.Oc1cccc(O)c1. The molecule has 8 bridgehead atoms. The van der Waals surface area contributed by atoms with Gasteiger partial charge in [-0.15, -0.1) is 12.4 Å². The second-order valence-electron chi connectivity index (χ2n) is 31.2. The van der Waals surface area contributed by atoms with Gasteiger partial charge in [-0.05, 0) is 216 Å². The van der Waals surface area contributed by atoms with Crippen molar-refractivity contribution in [3.8, 4) is 113 Å². The van der Waals surface area contributed by atoms with Gasteiger partial charge < -0.3 is 79.9 Å². The Morgan fingerprint density at radius 1 is 0.237 bits per heavy atom. The van der Waals surface area contributed by atoms with Crippen LogP contribution < -0.4 is 0 Å². The van der Waals surface area contributed by atoms with E-state index in [2.05, 4.69) is 0 Å². The minimum absolute atomic E-state index is 0. The molecule has 0 heterocycles. The molecule has 0 unspecified atom stereocenters. The summed E-state index contributed by atoms with van der Waals surface area (Å²) in [6, 6.07) is 88.3. The Labute approximate surface area is 786 Å². The van der Waals surface area contributed by atoms with E-state index in [0.717, 1.165) is 61.9 Å². The van der Waals surface area contributed by atoms with Gasteiger partial charge in [-0.2, -0.15) is 0 Å². The second kappa shape index (κ2) is 44.9. The number of halogens is 1. The number of carbonyl (C=O) groups excluding carboxylic acids is 6. The third kappa shape index (κ3) is 22.8. The highest BCUT2D eigenvalue weighted by Gasteiger charge is 2.36. The monoisotopic (exact) mass is 1830 g/mol. The highest BCUT2D eigenvalue weighted by Crippen LogP contribution is 2.55. The number of rotatable bonds is 20. The fraction of sp³-hybridized carbons (Fsp3) is 0.143. The molecule has 22 nitrogen and oxygen atoms in total. The van der Waals surface area contributed by atoms with Gasteiger partial charge in [0.05, 0.1) is 60.9 Å². The minimum atomic E-state index is -1.17. The Morgan fingerprint density at radius 3 is 0.533 bits per heavy atom. The topological polar surface area (TPSA) is 371 Å². The number of esters is 5. The predicted molar refractivity (Wildman–Crippen MR) is 517 cm³/mol. The molecule has 0 saturated heterocycles. The molecule has 15 aromatic carbocycles. The van der Waals surface area contributed by atoms with E-state index in [-0.39, 0.29) is 107 Å². The van der Waals surface area contributed by atoms with E-state index in [9.17, 15) is 69.6 Å². The summed E-state index contributed by atoms with van der Waals surface area (Å²) in [6.07, 6.45) is 0.813. The molecular formula is C112H99ClO22. The Kier molecular flexibility index (Phi) is 32.5. The van der Waals surface area contributed by atoms with Gasteiger partial charge in [-0.1, -0.05) is 188 Å². The molecule has 0 spiro atoms. The summed E-state index contributed by atoms with van der Waals surface area (Å²) in [7, 11) is 0. The van der Waals surface area contributed by atoms with Crippen LogP contribution in [-0.4, -0.2) is 132 Å². The van der Waals surface area contributed by atoms with Crippen LogP contribution in [0.15, 0.2) is 315 Å². The molecule has 0 radical (unpaired) electrons. The van der Waals surface area contributed by atoms with Gasteiger partial charge in [-0.3, -0.25) is 4.79 Å². The number of phenols is 10. The standard InChI is InChI=1S/C88H72O16.C16H14O3.C6H6O2.C2H6O.ClH/c1-5-101-85(97)61-33-17-53(18-34-61)49-9-25-57(26-10-49)81-65-41-67(75(91)45-73(65)89)82(58-27-11-50(12-28-58)54-19-35-62(36-20-54)86(98)102-6-2)69-43-71(79(95)47-77(69)93)84(60-31-15-52(16-32-60)56-23-39-64(40-24-56)88(100)104-8-4)72-44-70(78(94)48-80(72)96)83(68-42-66(81)74(90)46-76(68)92)59-29-13-51(14-30-59)55-21-37-63(38-22-55)87(99)103-7-3;1-2-19-16(18)15-9-7-14(8-10-15)13-5-3-12(11-17)4-6-13;7-5-2-1-3-6(8)4-5;1-2-3;/h9-48,81-84,89-96H,5-8H2,1-4H3;3-11H,2H2,1H3;1-4,7-8H;3H,2H2,1H3;1H. The molecule has 11 N–H and O–H groups in total. The van der Waals surface area contributed by atoms with E-state index >= 15 is 0 Å². The molecule has 135 heavy (non-hydrogen) atoms. The smallest absolute Gasteiger partial charge is 0.338 e. The zero-order valence-corrected chi connectivity index (χ0v) is 75.3. The maximum Gasteiger partial charge on any atom is 0.338 e. The van der Waals surface area contributed by atoms with Crippen LogP contribution in [0.4, 0.5) is 0 Å². The van der Waals surface area contributed by atoms with Crippen molar-refractivity contribution in [2.75, 3.05) is 39.6 Å². The first-order valence-electron chi connectivity index (χ1n) is 43.4. The third-order valence-corrected chi connectivity index (χ3v) is 22.7. The summed E-state index contributed by atoms with van der Waals surface area (Å²) < 4.78 is 25.9. The maximum atomic E-state index is 12.7. The second-order valence-corrected chi connectivity index (χ2v) is 31.2. The molecule has 0 saturated carbocycles. The molecule has 1 aliphatic rings. The number of aromatic hydroxyl groups is 10. The van der Waals surface area contributed by atoms with Gasteiger partial charge in [0.2, 0.25) is 0 Å². The lowest BCUT2D eigenvalue weighted by Gasteiger charge is -2.30. The molecule has 23 heteroatoms. The first kappa shape index (κ1) is 97.6. The molecule has 0 fully saturated rings. The number of carbonyl (C=O) groups is 6. The van der Waals surface area contributed by atoms with Crippen molar-refractivity contribution in [3.63, 3.8) is 0 Å². The van der Waals surface area contributed by atoms with Crippen molar-refractivity contribution < 1.29 is 109 Å². The number of aliphatic hydroxyl groups is 1. The summed E-state index contributed by atoms with van der Waals surface area (Å²) in [4.78, 5) is 72.9. The van der Waals surface area contributed by atoms with Crippen molar-refractivity contribution in [1.29, 1.82) is 0 Å². The van der Waals surface area contributed by atoms with E-state index in [0.29, 0.717) is 62.2 Å². The molecule has 0 aliphatic heterocycles. The molecule has 1 aliphatic carbocycles. The Balaban J connectivity index is 0.000000448. The zero-order chi connectivity index (χ0) is 95.4. The molecule has 16 rings (SSSR count). The van der Waals surface area contributed by atoms with Crippen LogP contribution in [0.1, 0.15) is 194 Å². The summed E-state index contributed by atoms with van der Waals surface area (Å²) >= 11 is 0. The number of aliphatic hydroxyl groups excluding tert-OH is 1. The minimum Gasteiger partial charge on any atom is -0.508 e. The van der Waals surface area contributed by atoms with Crippen LogP contribution in [0.25, 0.3) is 55.6 Å². The number of aldehydes is 1. The fourth-order valence-electron chi connectivity index (χ4n) is 16.2. The van der Waals surface area contributed by atoms with Gasteiger partial charge in [0.25, 0.3) is 0 Å². The number of phenolic OH excluding ortho intramolecular Hbond substituents is 10. The lowest BCUT2D eigenvalue weighted by Crippen LogP contribution is -2.13. The Hall–Kier alpha value is -16.4. The average Bonchev–Trinajstić information content (AvgIpc) is 0.735. The van der Waals surface area contributed by atoms with E-state index in [1.54, 1.807) is 193 Å². The molecule has 686 valence electrons. The highest BCUT2D eigenvalue weighted by molar-refractivity contribution is 5.93. The summed E-state index contributed by atoms with van der Waals surface area (Å²) in [6.45, 7) is 11.8. The van der Waals surface area contributed by atoms with E-state index in [1.165, 1.54) is 42.5 Å². The van der Waals surface area contributed by atoms with Gasteiger partial charge in [0.15, 0.2) is 0 Å². The normalized spacial score (nSPS) is 13.3. The van der Waals surface area contributed by atoms with Crippen molar-refractivity contribution in [2.24, 2.45) is 0 Å². The van der Waals surface area contributed by atoms with Crippen molar-refractivity contribution in [2.45, 2.75) is 65.2 Å². The number of fused-ring (bicyclic) bond motifs is 8. The summed E-state index contributed by atoms with van der Waals surface area (Å²) in [5.41, 5.74) is 13.6. The first-order chi connectivity index (χ1) is 64.8. The van der Waals surface area contributed by atoms with Crippen LogP contribution in [0.2, 0.25) is 0 Å².